The van der Waals surface area contributed by atoms with Crippen LogP contribution in [0, 0.1) is 5.92 Å². The summed E-state index contributed by atoms with van der Waals surface area (Å²) in [6.07, 6.45) is 9.32. The number of nitrogens with two attached hydrogens (primary N) is 1. The van der Waals surface area contributed by atoms with Gasteiger partial charge in [0.05, 0.1) is 17.6 Å². The summed E-state index contributed by atoms with van der Waals surface area (Å²) >= 11 is 0. The molecule has 4 N–H and O–H groups in total. The lowest BCUT2D eigenvalue weighted by Crippen LogP contribution is -2.44. The van der Waals surface area contributed by atoms with Crippen LogP contribution in [0.5, 0.6) is 0 Å². The average molecular weight is 398 g/mol. The monoisotopic (exact) mass is 397 g/mol. The van der Waals surface area contributed by atoms with E-state index in [9.17, 15) is 9.59 Å². The fourth-order valence-corrected chi connectivity index (χ4v) is 3.96. The van der Waals surface area contributed by atoms with Crippen LogP contribution in [0.3, 0.4) is 0 Å². The molecule has 3 unspecified atom stereocenters. The molecule has 0 spiro atoms. The van der Waals surface area contributed by atoms with Crippen LogP contribution in [0.15, 0.2) is 41.9 Å². The van der Waals surface area contributed by atoms with Crippen molar-refractivity contribution in [3.8, 4) is 0 Å². The van der Waals surface area contributed by atoms with Crippen molar-refractivity contribution in [1.82, 2.24) is 15.2 Å². The first-order valence-electron chi connectivity index (χ1n) is 10.4. The molecule has 2 aliphatic rings. The lowest BCUT2D eigenvalue weighted by atomic mass is 9.97. The summed E-state index contributed by atoms with van der Waals surface area (Å²) in [5.74, 6) is -0.253. The number of piperidine rings is 1. The maximum Gasteiger partial charge on any atom is 0.274 e. The summed E-state index contributed by atoms with van der Waals surface area (Å²) in [5.41, 5.74) is 8.06. The molecule has 1 fully saturated rings. The number of nitrogens with one attached hydrogen (secondary N) is 2. The summed E-state index contributed by atoms with van der Waals surface area (Å²) in [5, 5.41) is 5.64. The maximum absolute atomic E-state index is 12.3. The Morgan fingerprint density at radius 3 is 2.48 bits per heavy atom. The van der Waals surface area contributed by atoms with Gasteiger partial charge in [0.1, 0.15) is 5.69 Å². The van der Waals surface area contributed by atoms with Crippen molar-refractivity contribution >= 4 is 17.5 Å². The second kappa shape index (κ2) is 9.22. The molecule has 7 nitrogen and oxygen atoms in total. The predicted octanol–water partition coefficient (Wildman–Crippen LogP) is 2.78. The fraction of sp³-hybridized carbons (Fsp3) is 0.500. The molecule has 156 valence electrons. The van der Waals surface area contributed by atoms with E-state index < -0.39 is 0 Å². The first kappa shape index (κ1) is 21.0. The van der Waals surface area contributed by atoms with Gasteiger partial charge >= 0.3 is 0 Å². The van der Waals surface area contributed by atoms with Crippen LogP contribution in [0.1, 0.15) is 56.9 Å². The van der Waals surface area contributed by atoms with Crippen LogP contribution in [0.4, 0.5) is 5.69 Å². The molecule has 1 aromatic rings. The number of aromatic nitrogens is 1. The molecule has 7 heteroatoms. The number of pyridine rings is 1. The average Bonchev–Trinajstić information content (AvgIpc) is 3.00. The summed E-state index contributed by atoms with van der Waals surface area (Å²) in [6.45, 7) is 7.18. The fourth-order valence-electron chi connectivity index (χ4n) is 3.96. The van der Waals surface area contributed by atoms with E-state index in [-0.39, 0.29) is 23.4 Å². The number of carbonyl (C=O) groups is 2. The smallest absolute Gasteiger partial charge is 0.274 e. The number of likely N-dealkylation sites (tertiary alicyclic amines) is 1. The van der Waals surface area contributed by atoms with E-state index in [2.05, 4.69) is 34.4 Å². The molecular weight excluding hydrogens is 366 g/mol. The zero-order valence-electron chi connectivity index (χ0n) is 17.4. The highest BCUT2D eigenvalue weighted by atomic mass is 16.2. The lowest BCUT2D eigenvalue weighted by Gasteiger charge is -2.38. The molecule has 3 atom stereocenters. The van der Waals surface area contributed by atoms with Crippen molar-refractivity contribution in [3.05, 3.63) is 47.6 Å². The second-order valence-electron chi connectivity index (χ2n) is 8.07. The highest BCUT2D eigenvalue weighted by Crippen LogP contribution is 2.22. The van der Waals surface area contributed by atoms with Gasteiger partial charge < -0.3 is 16.4 Å². The zero-order chi connectivity index (χ0) is 21.0. The number of rotatable bonds is 6. The van der Waals surface area contributed by atoms with Crippen molar-refractivity contribution < 1.29 is 9.59 Å². The van der Waals surface area contributed by atoms with Gasteiger partial charge in [0.2, 0.25) is 5.91 Å². The molecule has 0 radical (unpaired) electrons. The quantitative estimate of drug-likeness (QED) is 0.685. The lowest BCUT2D eigenvalue weighted by molar-refractivity contribution is -0.116. The Balaban J connectivity index is 1.50. The summed E-state index contributed by atoms with van der Waals surface area (Å²) in [6, 6.07) is 4.33. The molecule has 1 saturated heterocycles. The van der Waals surface area contributed by atoms with Crippen molar-refractivity contribution in [3.63, 3.8) is 0 Å². The Bertz CT molecular complexity index is 805. The van der Waals surface area contributed by atoms with Crippen LogP contribution in [0.2, 0.25) is 0 Å². The Labute approximate surface area is 172 Å². The Morgan fingerprint density at radius 2 is 1.90 bits per heavy atom. The number of hydrogen-bond donors (Lipinski definition) is 3. The summed E-state index contributed by atoms with van der Waals surface area (Å²) in [7, 11) is 0. The Hall–Kier alpha value is -2.67. The van der Waals surface area contributed by atoms with E-state index in [1.807, 2.05) is 13.0 Å². The van der Waals surface area contributed by atoms with E-state index in [1.165, 1.54) is 25.5 Å². The predicted molar refractivity (Wildman–Crippen MR) is 114 cm³/mol. The zero-order valence-corrected chi connectivity index (χ0v) is 17.4. The number of hydrogen-bond acceptors (Lipinski definition) is 5. The molecule has 1 aliphatic carbocycles. The molecule has 0 saturated carbocycles. The third-order valence-electron chi connectivity index (χ3n) is 5.85. The van der Waals surface area contributed by atoms with Crippen LogP contribution < -0.4 is 16.4 Å². The first-order valence-corrected chi connectivity index (χ1v) is 10.4. The standard InChI is InChI=1S/C22H31N5O2/c1-14-7-9-18(21(14)23)26-22(29)19-10-8-17(13-24-19)25-20(28)11-12-27-15(2)5-4-6-16(27)3/h7-10,13-16H,4-6,11-12,23H2,1-3H3,(H,25,28)(H,26,29). The molecular formula is C22H31N5O2. The first-order chi connectivity index (χ1) is 13.8. The van der Waals surface area contributed by atoms with Crippen LogP contribution in [-0.2, 0) is 4.79 Å². The highest BCUT2D eigenvalue weighted by Gasteiger charge is 2.24. The topological polar surface area (TPSA) is 100 Å². The highest BCUT2D eigenvalue weighted by molar-refractivity contribution is 5.95. The molecule has 2 heterocycles. The number of allylic oxidation sites excluding steroid dienone is 2. The molecule has 0 bridgehead atoms. The van der Waals surface area contributed by atoms with Gasteiger partial charge in [0, 0.05) is 36.7 Å². The van der Waals surface area contributed by atoms with Gasteiger partial charge in [0.15, 0.2) is 0 Å². The van der Waals surface area contributed by atoms with Crippen molar-refractivity contribution in [2.24, 2.45) is 11.7 Å². The van der Waals surface area contributed by atoms with E-state index in [4.69, 9.17) is 5.73 Å². The minimum atomic E-state index is -0.326. The number of carbonyl (C=O) groups excluding carboxylic acids is 2. The van der Waals surface area contributed by atoms with Gasteiger partial charge in [-0.25, -0.2) is 4.98 Å². The van der Waals surface area contributed by atoms with Gasteiger partial charge in [-0.05, 0) is 44.9 Å². The number of anilines is 1. The number of amides is 2. The van der Waals surface area contributed by atoms with Crippen LogP contribution in [-0.4, -0.2) is 40.3 Å². The molecule has 3 rings (SSSR count). The van der Waals surface area contributed by atoms with Crippen LogP contribution >= 0.6 is 0 Å². The van der Waals surface area contributed by atoms with E-state index in [0.29, 0.717) is 35.6 Å². The third kappa shape index (κ3) is 5.23. The van der Waals surface area contributed by atoms with Gasteiger partial charge in [-0.1, -0.05) is 19.4 Å². The van der Waals surface area contributed by atoms with Gasteiger partial charge in [-0.15, -0.1) is 0 Å². The molecule has 2 amide bonds. The Morgan fingerprint density at radius 1 is 1.17 bits per heavy atom. The number of nitrogens with zero attached hydrogens (tertiary/aromatic N) is 2. The molecule has 1 aliphatic heterocycles. The van der Waals surface area contributed by atoms with Crippen molar-refractivity contribution in [2.75, 3.05) is 11.9 Å². The maximum atomic E-state index is 12.3. The van der Waals surface area contributed by atoms with Crippen molar-refractivity contribution in [2.45, 2.75) is 58.5 Å². The minimum absolute atomic E-state index is 0.0445. The Kier molecular flexibility index (Phi) is 6.69. The SMILES string of the molecule is CC1C=CC(NC(=O)c2ccc(NC(=O)CCN3C(C)CCCC3C)cn2)=C1N. The minimum Gasteiger partial charge on any atom is -0.400 e. The third-order valence-corrected chi connectivity index (χ3v) is 5.85. The van der Waals surface area contributed by atoms with E-state index in [1.54, 1.807) is 18.2 Å². The van der Waals surface area contributed by atoms with Gasteiger partial charge in [0.25, 0.3) is 5.91 Å². The molecule has 1 aromatic heterocycles. The van der Waals surface area contributed by atoms with E-state index >= 15 is 0 Å². The van der Waals surface area contributed by atoms with Crippen LogP contribution in [0.25, 0.3) is 0 Å². The normalized spacial score (nSPS) is 24.6. The second-order valence-corrected chi connectivity index (χ2v) is 8.07. The van der Waals surface area contributed by atoms with Gasteiger partial charge in [-0.3, -0.25) is 14.5 Å². The largest absolute Gasteiger partial charge is 0.400 e. The molecule has 29 heavy (non-hydrogen) atoms. The van der Waals surface area contributed by atoms with Crippen molar-refractivity contribution in [1.29, 1.82) is 0 Å². The summed E-state index contributed by atoms with van der Waals surface area (Å²) in [4.78, 5) is 31.2. The van der Waals surface area contributed by atoms with Gasteiger partial charge in [-0.2, -0.15) is 0 Å². The summed E-state index contributed by atoms with van der Waals surface area (Å²) < 4.78 is 0. The molecule has 0 aromatic carbocycles. The van der Waals surface area contributed by atoms with E-state index in [0.717, 1.165) is 6.54 Å².